The zero-order valence-corrected chi connectivity index (χ0v) is 12.1. The van der Waals surface area contributed by atoms with Crippen LogP contribution in [0.4, 0.5) is 5.82 Å². The number of aryl methyl sites for hydroxylation is 2. The van der Waals surface area contributed by atoms with Crippen molar-refractivity contribution in [1.82, 2.24) is 24.6 Å². The SMILES string of the molecule is Cc1nc(CNc2c(C)c(C)nc3ccnn23)cc(=O)[nH]1. The summed E-state index contributed by atoms with van der Waals surface area (Å²) in [6, 6.07) is 3.34. The summed E-state index contributed by atoms with van der Waals surface area (Å²) >= 11 is 0. The Morgan fingerprint density at radius 1 is 1.29 bits per heavy atom. The third kappa shape index (κ3) is 2.49. The van der Waals surface area contributed by atoms with Gasteiger partial charge in [-0.15, -0.1) is 0 Å². The number of nitrogens with one attached hydrogen (secondary N) is 2. The third-order valence-electron chi connectivity index (χ3n) is 3.36. The van der Waals surface area contributed by atoms with E-state index in [0.717, 1.165) is 22.7 Å². The van der Waals surface area contributed by atoms with E-state index in [9.17, 15) is 4.79 Å². The number of H-pyrrole nitrogens is 1. The molecule has 3 heterocycles. The van der Waals surface area contributed by atoms with Crippen LogP contribution in [0.3, 0.4) is 0 Å². The van der Waals surface area contributed by atoms with Crippen molar-refractivity contribution in [3.63, 3.8) is 0 Å². The molecular formula is C14H16N6O. The lowest BCUT2D eigenvalue weighted by atomic mass is 10.2. The second kappa shape index (κ2) is 5.01. The molecule has 0 atom stereocenters. The van der Waals surface area contributed by atoms with Gasteiger partial charge in [0.2, 0.25) is 0 Å². The summed E-state index contributed by atoms with van der Waals surface area (Å²) in [5.74, 6) is 1.47. The van der Waals surface area contributed by atoms with Gasteiger partial charge in [0, 0.05) is 23.4 Å². The molecule has 7 nitrogen and oxygen atoms in total. The number of nitrogens with zero attached hydrogens (tertiary/aromatic N) is 4. The molecule has 0 aliphatic carbocycles. The summed E-state index contributed by atoms with van der Waals surface area (Å²) in [7, 11) is 0. The number of anilines is 1. The second-order valence-electron chi connectivity index (χ2n) is 4.95. The van der Waals surface area contributed by atoms with Crippen LogP contribution in [-0.2, 0) is 6.54 Å². The topological polar surface area (TPSA) is 88.0 Å². The minimum Gasteiger partial charge on any atom is -0.364 e. The molecule has 0 radical (unpaired) electrons. The highest BCUT2D eigenvalue weighted by Gasteiger charge is 2.10. The monoisotopic (exact) mass is 284 g/mol. The molecule has 108 valence electrons. The minimum atomic E-state index is -0.147. The van der Waals surface area contributed by atoms with Crippen molar-refractivity contribution in [2.75, 3.05) is 5.32 Å². The Labute approximate surface area is 121 Å². The van der Waals surface area contributed by atoms with Gasteiger partial charge in [0.05, 0.1) is 18.4 Å². The van der Waals surface area contributed by atoms with E-state index in [0.29, 0.717) is 18.1 Å². The van der Waals surface area contributed by atoms with Gasteiger partial charge in [-0.25, -0.2) is 9.97 Å². The smallest absolute Gasteiger partial charge is 0.251 e. The van der Waals surface area contributed by atoms with Crippen molar-refractivity contribution in [2.45, 2.75) is 27.3 Å². The molecule has 0 aromatic carbocycles. The molecular weight excluding hydrogens is 268 g/mol. The summed E-state index contributed by atoms with van der Waals surface area (Å²) in [4.78, 5) is 22.9. The summed E-state index contributed by atoms with van der Waals surface area (Å²) in [6.45, 7) is 6.16. The molecule has 0 bridgehead atoms. The Kier molecular flexibility index (Phi) is 3.17. The van der Waals surface area contributed by atoms with Crippen LogP contribution < -0.4 is 10.9 Å². The average molecular weight is 284 g/mol. The van der Waals surface area contributed by atoms with Gasteiger partial charge >= 0.3 is 0 Å². The van der Waals surface area contributed by atoms with Crippen molar-refractivity contribution in [3.8, 4) is 0 Å². The fraction of sp³-hybridized carbons (Fsp3) is 0.286. The molecule has 0 fully saturated rings. The van der Waals surface area contributed by atoms with Crippen LogP contribution in [0.5, 0.6) is 0 Å². The Balaban J connectivity index is 1.96. The van der Waals surface area contributed by atoms with Gasteiger partial charge in [-0.1, -0.05) is 0 Å². The van der Waals surface area contributed by atoms with Crippen molar-refractivity contribution in [3.05, 3.63) is 51.5 Å². The first-order valence-electron chi connectivity index (χ1n) is 6.66. The predicted octanol–water partition coefficient (Wildman–Crippen LogP) is 1.35. The Morgan fingerprint density at radius 2 is 2.10 bits per heavy atom. The highest BCUT2D eigenvalue weighted by molar-refractivity contribution is 5.54. The van der Waals surface area contributed by atoms with E-state index in [4.69, 9.17) is 0 Å². The lowest BCUT2D eigenvalue weighted by molar-refractivity contribution is 0.883. The molecule has 3 aromatic heterocycles. The van der Waals surface area contributed by atoms with Crippen molar-refractivity contribution >= 4 is 11.5 Å². The van der Waals surface area contributed by atoms with E-state index < -0.39 is 0 Å². The highest BCUT2D eigenvalue weighted by Crippen LogP contribution is 2.19. The first kappa shape index (κ1) is 13.3. The summed E-state index contributed by atoms with van der Waals surface area (Å²) in [5.41, 5.74) is 3.29. The normalized spacial score (nSPS) is 11.0. The maximum absolute atomic E-state index is 11.5. The van der Waals surface area contributed by atoms with Crippen LogP contribution in [0.15, 0.2) is 23.1 Å². The molecule has 7 heteroatoms. The highest BCUT2D eigenvalue weighted by atomic mass is 16.1. The Hall–Kier alpha value is -2.70. The van der Waals surface area contributed by atoms with E-state index in [1.54, 1.807) is 17.6 Å². The zero-order valence-electron chi connectivity index (χ0n) is 12.1. The third-order valence-corrected chi connectivity index (χ3v) is 3.36. The molecule has 2 N–H and O–H groups in total. The molecule has 0 unspecified atom stereocenters. The predicted molar refractivity (Wildman–Crippen MR) is 79.4 cm³/mol. The molecule has 0 aliphatic heterocycles. The van der Waals surface area contributed by atoms with E-state index in [-0.39, 0.29) is 5.56 Å². The average Bonchev–Trinajstić information content (AvgIpc) is 2.86. The fourth-order valence-electron chi connectivity index (χ4n) is 2.25. The second-order valence-corrected chi connectivity index (χ2v) is 4.95. The zero-order chi connectivity index (χ0) is 15.0. The lowest BCUT2D eigenvalue weighted by Gasteiger charge is -2.12. The van der Waals surface area contributed by atoms with Crippen LogP contribution in [0, 0.1) is 20.8 Å². The maximum Gasteiger partial charge on any atom is 0.251 e. The molecule has 0 amide bonds. The van der Waals surface area contributed by atoms with Gasteiger partial charge in [0.1, 0.15) is 11.6 Å². The molecule has 0 spiro atoms. The van der Waals surface area contributed by atoms with Gasteiger partial charge in [-0.05, 0) is 20.8 Å². The van der Waals surface area contributed by atoms with Gasteiger partial charge in [0.25, 0.3) is 5.56 Å². The lowest BCUT2D eigenvalue weighted by Crippen LogP contribution is -2.15. The van der Waals surface area contributed by atoms with Crippen LogP contribution in [0.25, 0.3) is 5.65 Å². The minimum absolute atomic E-state index is 0.147. The van der Waals surface area contributed by atoms with Gasteiger partial charge in [-0.2, -0.15) is 9.61 Å². The molecule has 3 aromatic rings. The Bertz CT molecular complexity index is 864. The first-order valence-corrected chi connectivity index (χ1v) is 6.66. The summed E-state index contributed by atoms with van der Waals surface area (Å²) in [5, 5.41) is 7.57. The van der Waals surface area contributed by atoms with E-state index >= 15 is 0 Å². The van der Waals surface area contributed by atoms with E-state index in [2.05, 4.69) is 25.4 Å². The van der Waals surface area contributed by atoms with Crippen LogP contribution in [0.1, 0.15) is 22.8 Å². The molecule has 0 saturated carbocycles. The fourth-order valence-corrected chi connectivity index (χ4v) is 2.25. The van der Waals surface area contributed by atoms with Crippen LogP contribution in [0.2, 0.25) is 0 Å². The summed E-state index contributed by atoms with van der Waals surface area (Å²) in [6.07, 6.45) is 1.71. The van der Waals surface area contributed by atoms with E-state index in [1.165, 1.54) is 6.07 Å². The molecule has 0 saturated heterocycles. The standard InChI is InChI=1S/C14H16N6O/c1-8-9(2)17-12-4-5-16-20(12)14(8)15-7-11-6-13(21)19-10(3)18-11/h4-6,15H,7H2,1-3H3,(H,18,19,21). The number of hydrogen-bond acceptors (Lipinski definition) is 5. The Morgan fingerprint density at radius 3 is 2.86 bits per heavy atom. The number of aromatic nitrogens is 5. The van der Waals surface area contributed by atoms with Crippen molar-refractivity contribution < 1.29 is 0 Å². The van der Waals surface area contributed by atoms with E-state index in [1.807, 2.05) is 19.9 Å². The molecule has 21 heavy (non-hydrogen) atoms. The number of rotatable bonds is 3. The van der Waals surface area contributed by atoms with Gasteiger partial charge in [-0.3, -0.25) is 4.79 Å². The van der Waals surface area contributed by atoms with Gasteiger partial charge < -0.3 is 10.3 Å². The molecule has 3 rings (SSSR count). The van der Waals surface area contributed by atoms with Crippen molar-refractivity contribution in [1.29, 1.82) is 0 Å². The number of fused-ring (bicyclic) bond motifs is 1. The first-order chi connectivity index (χ1) is 10.0. The number of hydrogen-bond donors (Lipinski definition) is 2. The van der Waals surface area contributed by atoms with Crippen molar-refractivity contribution in [2.24, 2.45) is 0 Å². The quantitative estimate of drug-likeness (QED) is 0.758. The van der Waals surface area contributed by atoms with Gasteiger partial charge in [0.15, 0.2) is 5.65 Å². The summed E-state index contributed by atoms with van der Waals surface area (Å²) < 4.78 is 1.75. The largest absolute Gasteiger partial charge is 0.364 e. The number of aromatic amines is 1. The maximum atomic E-state index is 11.5. The molecule has 0 aliphatic rings. The van der Waals surface area contributed by atoms with Crippen LogP contribution in [-0.4, -0.2) is 24.6 Å². The van der Waals surface area contributed by atoms with Crippen LogP contribution >= 0.6 is 0 Å².